The van der Waals surface area contributed by atoms with E-state index in [0.717, 1.165) is 18.9 Å². The number of amides is 1. The van der Waals surface area contributed by atoms with Crippen molar-refractivity contribution in [1.82, 2.24) is 20.1 Å². The molecule has 0 aromatic carbocycles. The van der Waals surface area contributed by atoms with E-state index in [4.69, 9.17) is 0 Å². The Kier molecular flexibility index (Phi) is 4.65. The molecule has 25 heavy (non-hydrogen) atoms. The number of aromatic nitrogens is 3. The van der Waals surface area contributed by atoms with Gasteiger partial charge < -0.3 is 10.2 Å². The number of nitrogens with one attached hydrogen (secondary N) is 1. The number of carbonyl (C=O) groups is 1. The number of rotatable bonds is 3. The van der Waals surface area contributed by atoms with Gasteiger partial charge in [-0.1, -0.05) is 6.07 Å². The molecule has 0 aliphatic carbocycles. The van der Waals surface area contributed by atoms with Crippen LogP contribution < -0.4 is 10.2 Å². The van der Waals surface area contributed by atoms with Gasteiger partial charge in [0.2, 0.25) is 0 Å². The fourth-order valence-corrected chi connectivity index (χ4v) is 2.87. The first kappa shape index (κ1) is 17.2. The zero-order valence-corrected chi connectivity index (χ0v) is 13.6. The second-order valence-corrected chi connectivity index (χ2v) is 6.04. The second-order valence-electron chi connectivity index (χ2n) is 6.04. The van der Waals surface area contributed by atoms with E-state index in [1.54, 1.807) is 24.2 Å². The highest BCUT2D eigenvalue weighted by Crippen LogP contribution is 2.29. The van der Waals surface area contributed by atoms with Crippen molar-refractivity contribution >= 4 is 11.7 Å². The van der Waals surface area contributed by atoms with Crippen LogP contribution in [0.15, 0.2) is 30.6 Å². The second kappa shape index (κ2) is 6.73. The molecule has 9 heteroatoms. The maximum absolute atomic E-state index is 12.8. The van der Waals surface area contributed by atoms with E-state index in [1.165, 1.54) is 16.9 Å². The highest BCUT2D eigenvalue weighted by Gasteiger charge is 2.33. The maximum atomic E-state index is 12.8. The molecular formula is C16H18F3N5O. The minimum Gasteiger partial charge on any atom is -0.355 e. The minimum absolute atomic E-state index is 0.155. The van der Waals surface area contributed by atoms with E-state index in [1.807, 2.05) is 0 Å². The summed E-state index contributed by atoms with van der Waals surface area (Å²) < 4.78 is 40.0. The number of halogens is 3. The van der Waals surface area contributed by atoms with Crippen LogP contribution in [0, 0.1) is 0 Å². The fraction of sp³-hybridized carbons (Fsp3) is 0.438. The molecule has 1 aliphatic rings. The first-order valence-electron chi connectivity index (χ1n) is 7.91. The molecule has 2 aromatic heterocycles. The van der Waals surface area contributed by atoms with Crippen LogP contribution in [0.3, 0.4) is 0 Å². The minimum atomic E-state index is -4.47. The molecule has 1 N–H and O–H groups in total. The molecule has 0 saturated carbocycles. The Morgan fingerprint density at radius 2 is 2.16 bits per heavy atom. The van der Waals surface area contributed by atoms with Gasteiger partial charge in [-0.15, -0.1) is 0 Å². The molecule has 1 aliphatic heterocycles. The lowest BCUT2D eigenvalue weighted by atomic mass is 10.1. The van der Waals surface area contributed by atoms with Crippen molar-refractivity contribution in [2.45, 2.75) is 25.1 Å². The van der Waals surface area contributed by atoms with Crippen LogP contribution in [-0.4, -0.2) is 39.8 Å². The third-order valence-electron chi connectivity index (χ3n) is 4.07. The zero-order valence-electron chi connectivity index (χ0n) is 13.6. The lowest BCUT2D eigenvalue weighted by molar-refractivity contribution is -0.141. The van der Waals surface area contributed by atoms with Crippen LogP contribution in [0.1, 0.15) is 28.9 Å². The van der Waals surface area contributed by atoms with Crippen LogP contribution in [0.25, 0.3) is 0 Å². The van der Waals surface area contributed by atoms with E-state index >= 15 is 0 Å². The number of carbonyl (C=O) groups excluding carboxylic acids is 1. The Morgan fingerprint density at radius 3 is 2.84 bits per heavy atom. The number of pyridine rings is 1. The number of anilines is 1. The number of alkyl halides is 3. The van der Waals surface area contributed by atoms with E-state index in [0.29, 0.717) is 18.7 Å². The lowest BCUT2D eigenvalue weighted by Crippen LogP contribution is -2.48. The van der Waals surface area contributed by atoms with E-state index < -0.39 is 11.9 Å². The third-order valence-corrected chi connectivity index (χ3v) is 4.07. The van der Waals surface area contributed by atoms with Gasteiger partial charge in [0.05, 0.1) is 11.8 Å². The monoisotopic (exact) mass is 353 g/mol. The molecule has 3 rings (SSSR count). The molecule has 1 amide bonds. The molecule has 0 spiro atoms. The average molecular weight is 353 g/mol. The largest absolute Gasteiger partial charge is 0.433 e. The molecule has 1 atom stereocenters. The quantitative estimate of drug-likeness (QED) is 0.919. The molecule has 2 aromatic rings. The summed E-state index contributed by atoms with van der Waals surface area (Å²) in [6, 6.07) is 3.70. The Hall–Kier alpha value is -2.58. The molecule has 1 fully saturated rings. The smallest absolute Gasteiger partial charge is 0.355 e. The van der Waals surface area contributed by atoms with E-state index in [-0.39, 0.29) is 17.8 Å². The van der Waals surface area contributed by atoms with Crippen LogP contribution in [0.5, 0.6) is 0 Å². The van der Waals surface area contributed by atoms with Gasteiger partial charge in [0, 0.05) is 32.4 Å². The molecule has 0 bridgehead atoms. The molecule has 3 heterocycles. The number of hydrogen-bond donors (Lipinski definition) is 1. The summed E-state index contributed by atoms with van der Waals surface area (Å²) in [7, 11) is 1.72. The average Bonchev–Trinajstić information content (AvgIpc) is 3.01. The summed E-state index contributed by atoms with van der Waals surface area (Å²) in [6.45, 7) is 1.02. The Morgan fingerprint density at radius 1 is 1.36 bits per heavy atom. The summed E-state index contributed by atoms with van der Waals surface area (Å²) in [5, 5.41) is 6.86. The van der Waals surface area contributed by atoms with Crippen LogP contribution in [-0.2, 0) is 13.2 Å². The Bertz CT molecular complexity index is 758. The van der Waals surface area contributed by atoms with Crippen molar-refractivity contribution in [2.24, 2.45) is 7.05 Å². The predicted octanol–water partition coefficient (Wildman–Crippen LogP) is 2.23. The van der Waals surface area contributed by atoms with Crippen molar-refractivity contribution in [1.29, 1.82) is 0 Å². The number of nitrogens with zero attached hydrogens (tertiary/aromatic N) is 4. The van der Waals surface area contributed by atoms with E-state index in [9.17, 15) is 18.0 Å². The molecule has 1 unspecified atom stereocenters. The van der Waals surface area contributed by atoms with Gasteiger partial charge >= 0.3 is 6.18 Å². The summed E-state index contributed by atoms with van der Waals surface area (Å²) >= 11 is 0. The normalized spacial score (nSPS) is 18.2. The fourth-order valence-electron chi connectivity index (χ4n) is 2.87. The first-order valence-corrected chi connectivity index (χ1v) is 7.91. The van der Waals surface area contributed by atoms with Crippen molar-refractivity contribution in [3.8, 4) is 0 Å². The van der Waals surface area contributed by atoms with Crippen molar-refractivity contribution in [3.63, 3.8) is 0 Å². The molecule has 6 nitrogen and oxygen atoms in total. The number of aryl methyl sites for hydroxylation is 1. The Balaban J connectivity index is 1.68. The SMILES string of the molecule is Cn1cc(C(=O)NC2CCCN(c3cccc(C(F)(F)F)n3)C2)cn1. The van der Waals surface area contributed by atoms with Crippen molar-refractivity contribution < 1.29 is 18.0 Å². The van der Waals surface area contributed by atoms with Gasteiger partial charge in [-0.3, -0.25) is 9.48 Å². The third kappa shape index (κ3) is 4.09. The molecular weight excluding hydrogens is 335 g/mol. The van der Waals surface area contributed by atoms with Gasteiger partial charge in [0.25, 0.3) is 5.91 Å². The highest BCUT2D eigenvalue weighted by atomic mass is 19.4. The van der Waals surface area contributed by atoms with Gasteiger partial charge in [0.15, 0.2) is 0 Å². The van der Waals surface area contributed by atoms with Gasteiger partial charge in [-0.05, 0) is 25.0 Å². The Labute approximate surface area is 142 Å². The number of hydrogen-bond acceptors (Lipinski definition) is 4. The zero-order chi connectivity index (χ0) is 18.0. The van der Waals surface area contributed by atoms with Crippen LogP contribution in [0.2, 0.25) is 0 Å². The van der Waals surface area contributed by atoms with Crippen molar-refractivity contribution in [2.75, 3.05) is 18.0 Å². The summed E-state index contributed by atoms with van der Waals surface area (Å²) in [4.78, 5) is 17.7. The maximum Gasteiger partial charge on any atom is 0.433 e. The topological polar surface area (TPSA) is 63.1 Å². The van der Waals surface area contributed by atoms with Crippen LogP contribution in [0.4, 0.5) is 19.0 Å². The first-order chi connectivity index (χ1) is 11.8. The summed E-state index contributed by atoms with van der Waals surface area (Å²) in [5.74, 6) is 0.0344. The van der Waals surface area contributed by atoms with Gasteiger partial charge in [-0.25, -0.2) is 4.98 Å². The van der Waals surface area contributed by atoms with Crippen molar-refractivity contribution in [3.05, 3.63) is 41.9 Å². The van der Waals surface area contributed by atoms with E-state index in [2.05, 4.69) is 15.4 Å². The standard InChI is InChI=1S/C16H18F3N5O/c1-23-9-11(8-20-23)15(25)21-12-4-3-7-24(10-12)14-6-2-5-13(22-14)16(17,18)19/h2,5-6,8-9,12H,3-4,7,10H2,1H3,(H,21,25). The highest BCUT2D eigenvalue weighted by molar-refractivity contribution is 5.93. The van der Waals surface area contributed by atoms with Crippen LogP contribution >= 0.6 is 0 Å². The summed E-state index contributed by atoms with van der Waals surface area (Å²) in [6.07, 6.45) is 0.145. The molecule has 134 valence electrons. The van der Waals surface area contributed by atoms with Gasteiger partial charge in [0.1, 0.15) is 11.5 Å². The lowest BCUT2D eigenvalue weighted by Gasteiger charge is -2.34. The molecule has 1 saturated heterocycles. The van der Waals surface area contributed by atoms with Gasteiger partial charge in [-0.2, -0.15) is 18.3 Å². The number of piperidine rings is 1. The molecule has 0 radical (unpaired) electrons. The summed E-state index contributed by atoms with van der Waals surface area (Å²) in [5.41, 5.74) is -0.455. The predicted molar refractivity (Wildman–Crippen MR) is 85.1 cm³/mol.